The number of carbonyl (C=O) groups excluding carboxylic acids is 1. The van der Waals surface area contributed by atoms with Crippen LogP contribution in [0.4, 0.5) is 0 Å². The van der Waals surface area contributed by atoms with Crippen molar-refractivity contribution in [3.05, 3.63) is 64.2 Å². The molecule has 0 radical (unpaired) electrons. The highest BCUT2D eigenvalue weighted by atomic mass is 35.5. The van der Waals surface area contributed by atoms with Gasteiger partial charge in [0, 0.05) is 11.6 Å². The SMILES string of the molecule is Cc1ccc(S(=O)(=O)CC(=O)NCc2cccc(Cl)c2)cc1C. The van der Waals surface area contributed by atoms with Crippen LogP contribution in [0, 0.1) is 13.8 Å². The van der Waals surface area contributed by atoms with Gasteiger partial charge >= 0.3 is 0 Å². The van der Waals surface area contributed by atoms with E-state index in [1.807, 2.05) is 19.9 Å². The molecule has 0 saturated heterocycles. The number of nitrogens with one attached hydrogen (secondary N) is 1. The van der Waals surface area contributed by atoms with E-state index in [0.717, 1.165) is 16.7 Å². The maximum absolute atomic E-state index is 12.3. The highest BCUT2D eigenvalue weighted by Crippen LogP contribution is 2.16. The molecular formula is C17H18ClNO3S. The molecule has 23 heavy (non-hydrogen) atoms. The lowest BCUT2D eigenvalue weighted by Crippen LogP contribution is -2.30. The van der Waals surface area contributed by atoms with Crippen LogP contribution in [0.15, 0.2) is 47.4 Å². The Labute approximate surface area is 141 Å². The lowest BCUT2D eigenvalue weighted by molar-refractivity contribution is -0.118. The van der Waals surface area contributed by atoms with Crippen molar-refractivity contribution in [3.8, 4) is 0 Å². The van der Waals surface area contributed by atoms with Crippen molar-refractivity contribution < 1.29 is 13.2 Å². The molecule has 1 N–H and O–H groups in total. The maximum atomic E-state index is 12.3. The predicted molar refractivity (Wildman–Crippen MR) is 91.3 cm³/mol. The minimum absolute atomic E-state index is 0.165. The third-order valence-corrected chi connectivity index (χ3v) is 5.39. The number of hydrogen-bond donors (Lipinski definition) is 1. The number of sulfone groups is 1. The summed E-state index contributed by atoms with van der Waals surface area (Å²) < 4.78 is 24.6. The van der Waals surface area contributed by atoms with Crippen molar-refractivity contribution in [2.75, 3.05) is 5.75 Å². The van der Waals surface area contributed by atoms with E-state index in [1.54, 1.807) is 30.3 Å². The number of benzene rings is 2. The van der Waals surface area contributed by atoms with E-state index in [4.69, 9.17) is 11.6 Å². The number of hydrogen-bond acceptors (Lipinski definition) is 3. The Kier molecular flexibility index (Phi) is 5.44. The quantitative estimate of drug-likeness (QED) is 0.900. The van der Waals surface area contributed by atoms with Gasteiger partial charge in [0.25, 0.3) is 0 Å². The first-order valence-corrected chi connectivity index (χ1v) is 9.12. The summed E-state index contributed by atoms with van der Waals surface area (Å²) in [5.74, 6) is -1.11. The zero-order chi connectivity index (χ0) is 17.0. The van der Waals surface area contributed by atoms with Crippen LogP contribution in [0.5, 0.6) is 0 Å². The molecule has 0 unspecified atom stereocenters. The smallest absolute Gasteiger partial charge is 0.235 e. The second-order valence-corrected chi connectivity index (χ2v) is 7.84. The lowest BCUT2D eigenvalue weighted by atomic mass is 10.1. The third kappa shape index (κ3) is 4.81. The molecule has 2 rings (SSSR count). The zero-order valence-electron chi connectivity index (χ0n) is 13.0. The topological polar surface area (TPSA) is 63.2 Å². The zero-order valence-corrected chi connectivity index (χ0v) is 14.5. The van der Waals surface area contributed by atoms with Gasteiger partial charge in [-0.2, -0.15) is 0 Å². The van der Waals surface area contributed by atoms with Crippen molar-refractivity contribution in [1.29, 1.82) is 0 Å². The van der Waals surface area contributed by atoms with E-state index >= 15 is 0 Å². The second kappa shape index (κ2) is 7.15. The van der Waals surface area contributed by atoms with Gasteiger partial charge in [0.2, 0.25) is 5.91 Å². The first-order chi connectivity index (χ1) is 10.8. The van der Waals surface area contributed by atoms with Crippen LogP contribution < -0.4 is 5.32 Å². The monoisotopic (exact) mass is 351 g/mol. The number of aryl methyl sites for hydroxylation is 2. The summed E-state index contributed by atoms with van der Waals surface area (Å²) in [6.45, 7) is 3.98. The molecule has 0 saturated carbocycles. The Morgan fingerprint density at radius 1 is 1.09 bits per heavy atom. The van der Waals surface area contributed by atoms with Gasteiger partial charge in [-0.3, -0.25) is 4.79 Å². The molecule has 6 heteroatoms. The number of halogens is 1. The largest absolute Gasteiger partial charge is 0.351 e. The van der Waals surface area contributed by atoms with E-state index in [9.17, 15) is 13.2 Å². The highest BCUT2D eigenvalue weighted by molar-refractivity contribution is 7.92. The van der Waals surface area contributed by atoms with Crippen LogP contribution in [0.1, 0.15) is 16.7 Å². The van der Waals surface area contributed by atoms with E-state index in [-0.39, 0.29) is 11.4 Å². The Bertz CT molecular complexity index is 831. The van der Waals surface area contributed by atoms with E-state index in [1.165, 1.54) is 6.07 Å². The highest BCUT2D eigenvalue weighted by Gasteiger charge is 2.19. The van der Waals surface area contributed by atoms with Gasteiger partial charge < -0.3 is 5.32 Å². The standard InChI is InChI=1S/C17H18ClNO3S/c1-12-6-7-16(8-13(12)2)23(21,22)11-17(20)19-10-14-4-3-5-15(18)9-14/h3-9H,10-11H2,1-2H3,(H,19,20). The molecule has 1 amide bonds. The molecule has 0 spiro atoms. The number of amides is 1. The summed E-state index contributed by atoms with van der Waals surface area (Å²) >= 11 is 5.87. The Morgan fingerprint density at radius 3 is 2.48 bits per heavy atom. The summed E-state index contributed by atoms with van der Waals surface area (Å²) in [5, 5.41) is 3.17. The Morgan fingerprint density at radius 2 is 1.83 bits per heavy atom. The fraction of sp³-hybridized carbons (Fsp3) is 0.235. The Hall–Kier alpha value is -1.85. The van der Waals surface area contributed by atoms with Crippen LogP contribution in [-0.2, 0) is 21.2 Å². The Balaban J connectivity index is 2.02. The van der Waals surface area contributed by atoms with E-state index in [2.05, 4.69) is 5.32 Å². The summed E-state index contributed by atoms with van der Waals surface area (Å²) in [5.41, 5.74) is 2.70. The number of carbonyl (C=O) groups is 1. The fourth-order valence-electron chi connectivity index (χ4n) is 2.06. The van der Waals surface area contributed by atoms with Crippen LogP contribution in [0.2, 0.25) is 5.02 Å². The van der Waals surface area contributed by atoms with Crippen molar-refractivity contribution in [1.82, 2.24) is 5.32 Å². The van der Waals surface area contributed by atoms with Crippen molar-refractivity contribution in [2.45, 2.75) is 25.3 Å². The molecule has 0 heterocycles. The van der Waals surface area contributed by atoms with Gasteiger partial charge in [-0.05, 0) is 54.8 Å². The first kappa shape index (κ1) is 17.5. The van der Waals surface area contributed by atoms with Gasteiger partial charge in [-0.15, -0.1) is 0 Å². The minimum Gasteiger partial charge on any atom is -0.351 e. The second-order valence-electron chi connectivity index (χ2n) is 5.41. The normalized spacial score (nSPS) is 11.3. The molecule has 0 aliphatic carbocycles. The van der Waals surface area contributed by atoms with Crippen LogP contribution in [0.3, 0.4) is 0 Å². The van der Waals surface area contributed by atoms with Crippen molar-refractivity contribution in [3.63, 3.8) is 0 Å². The van der Waals surface area contributed by atoms with E-state index < -0.39 is 21.5 Å². The summed E-state index contributed by atoms with van der Waals surface area (Å²) in [6.07, 6.45) is 0. The molecule has 0 bridgehead atoms. The van der Waals surface area contributed by atoms with Crippen molar-refractivity contribution in [2.24, 2.45) is 0 Å². The van der Waals surface area contributed by atoms with Gasteiger partial charge in [0.05, 0.1) is 4.90 Å². The van der Waals surface area contributed by atoms with Crippen LogP contribution >= 0.6 is 11.6 Å². The number of rotatable bonds is 5. The van der Waals surface area contributed by atoms with E-state index in [0.29, 0.717) is 5.02 Å². The first-order valence-electron chi connectivity index (χ1n) is 7.09. The summed E-state index contributed by atoms with van der Waals surface area (Å²) in [4.78, 5) is 12.1. The summed E-state index contributed by atoms with van der Waals surface area (Å²) in [7, 11) is -3.65. The average Bonchev–Trinajstić information content (AvgIpc) is 2.47. The lowest BCUT2D eigenvalue weighted by Gasteiger charge is -2.08. The molecule has 0 aliphatic heterocycles. The van der Waals surface area contributed by atoms with Gasteiger partial charge in [-0.1, -0.05) is 29.8 Å². The summed E-state index contributed by atoms with van der Waals surface area (Å²) in [6, 6.07) is 11.9. The van der Waals surface area contributed by atoms with Gasteiger partial charge in [-0.25, -0.2) is 8.42 Å². The minimum atomic E-state index is -3.65. The fourth-order valence-corrected chi connectivity index (χ4v) is 3.52. The molecule has 0 aromatic heterocycles. The maximum Gasteiger partial charge on any atom is 0.235 e. The predicted octanol–water partition coefficient (Wildman–Crippen LogP) is 3.05. The van der Waals surface area contributed by atoms with Crippen LogP contribution in [-0.4, -0.2) is 20.1 Å². The third-order valence-electron chi connectivity index (χ3n) is 3.54. The van der Waals surface area contributed by atoms with Crippen LogP contribution in [0.25, 0.3) is 0 Å². The molecule has 0 aliphatic rings. The molecule has 2 aromatic carbocycles. The molecule has 2 aromatic rings. The molecule has 4 nitrogen and oxygen atoms in total. The average molecular weight is 352 g/mol. The van der Waals surface area contributed by atoms with Gasteiger partial charge in [0.15, 0.2) is 9.84 Å². The van der Waals surface area contributed by atoms with Crippen molar-refractivity contribution >= 4 is 27.3 Å². The molecule has 122 valence electrons. The molecular weight excluding hydrogens is 334 g/mol. The van der Waals surface area contributed by atoms with Gasteiger partial charge in [0.1, 0.15) is 5.75 Å². The molecule has 0 fully saturated rings. The molecule has 0 atom stereocenters.